The molecule has 1 atom stereocenters. The van der Waals surface area contributed by atoms with Crippen molar-refractivity contribution in [1.82, 2.24) is 5.32 Å². The predicted molar refractivity (Wildman–Crippen MR) is 73.0 cm³/mol. The molecule has 3 N–H and O–H groups in total. The van der Waals surface area contributed by atoms with Crippen LogP contribution in [0.5, 0.6) is 0 Å². The number of hydrogen-bond acceptors (Lipinski definition) is 4. The van der Waals surface area contributed by atoms with Gasteiger partial charge in [-0.1, -0.05) is 12.1 Å². The quantitative estimate of drug-likeness (QED) is 0.777. The summed E-state index contributed by atoms with van der Waals surface area (Å²) in [6.45, 7) is 1.30. The van der Waals surface area contributed by atoms with Gasteiger partial charge in [-0.3, -0.25) is 0 Å². The Labute approximate surface area is 114 Å². The van der Waals surface area contributed by atoms with Crippen molar-refractivity contribution >= 4 is 10.0 Å². The van der Waals surface area contributed by atoms with Gasteiger partial charge in [-0.15, -0.1) is 0 Å². The maximum Gasteiger partial charge on any atom is 0.238 e. The number of hydrogen-bond donors (Lipinski definition) is 2. The minimum Gasteiger partial charge on any atom is -0.383 e. The van der Waals surface area contributed by atoms with Crippen LogP contribution in [-0.4, -0.2) is 28.2 Å². The van der Waals surface area contributed by atoms with Gasteiger partial charge in [-0.05, 0) is 36.5 Å². The topological polar surface area (TPSA) is 81.4 Å². The number of rotatable bonds is 7. The molecule has 0 aromatic heterocycles. The van der Waals surface area contributed by atoms with E-state index in [4.69, 9.17) is 9.88 Å². The molecule has 2 rings (SSSR count). The van der Waals surface area contributed by atoms with Gasteiger partial charge in [0, 0.05) is 19.7 Å². The summed E-state index contributed by atoms with van der Waals surface area (Å²) in [5, 5.41) is 8.54. The molecule has 0 amide bonds. The van der Waals surface area contributed by atoms with E-state index in [0.717, 1.165) is 5.56 Å². The number of nitrogens with one attached hydrogen (secondary N) is 1. The molecule has 1 fully saturated rings. The van der Waals surface area contributed by atoms with Crippen LogP contribution in [0.4, 0.5) is 0 Å². The van der Waals surface area contributed by atoms with E-state index in [0.29, 0.717) is 25.1 Å². The van der Waals surface area contributed by atoms with E-state index in [1.807, 2.05) is 6.07 Å². The Balaban J connectivity index is 1.99. The molecular weight excluding hydrogens is 264 g/mol. The lowest BCUT2D eigenvalue weighted by atomic mass is 10.1. The Hall–Kier alpha value is -0.950. The second-order valence-corrected chi connectivity index (χ2v) is 6.53. The van der Waals surface area contributed by atoms with E-state index in [1.165, 1.54) is 18.9 Å². The molecule has 1 aromatic carbocycles. The normalized spacial score (nSPS) is 17.4. The maximum atomic E-state index is 11.3. The second-order valence-electron chi connectivity index (χ2n) is 4.97. The van der Waals surface area contributed by atoms with Crippen LogP contribution in [0.1, 0.15) is 18.4 Å². The molecule has 1 aliphatic carbocycles. The summed E-state index contributed by atoms with van der Waals surface area (Å²) in [7, 11) is -1.94. The average molecular weight is 284 g/mol. The van der Waals surface area contributed by atoms with Gasteiger partial charge >= 0.3 is 0 Å². The first kappa shape index (κ1) is 14.5. The van der Waals surface area contributed by atoms with Crippen LogP contribution >= 0.6 is 0 Å². The van der Waals surface area contributed by atoms with Crippen molar-refractivity contribution in [2.24, 2.45) is 11.1 Å². The molecule has 6 heteroatoms. The SMILES string of the molecule is COCC(NCc1cccc(S(N)(=O)=O)c1)C1CC1. The van der Waals surface area contributed by atoms with Crippen molar-refractivity contribution < 1.29 is 13.2 Å². The molecule has 0 radical (unpaired) electrons. The fourth-order valence-corrected chi connectivity index (χ4v) is 2.71. The highest BCUT2D eigenvalue weighted by Crippen LogP contribution is 2.32. The molecule has 1 unspecified atom stereocenters. The summed E-state index contributed by atoms with van der Waals surface area (Å²) in [6, 6.07) is 7.05. The molecule has 1 saturated carbocycles. The van der Waals surface area contributed by atoms with Crippen LogP contribution in [0.25, 0.3) is 0 Å². The van der Waals surface area contributed by atoms with Crippen molar-refractivity contribution in [3.8, 4) is 0 Å². The number of sulfonamides is 1. The molecule has 0 bridgehead atoms. The number of primary sulfonamides is 1. The third-order valence-electron chi connectivity index (χ3n) is 3.33. The Bertz CT molecular complexity index is 526. The number of methoxy groups -OCH3 is 1. The van der Waals surface area contributed by atoms with Gasteiger partial charge in [0.05, 0.1) is 11.5 Å². The van der Waals surface area contributed by atoms with Crippen LogP contribution in [0.2, 0.25) is 0 Å². The van der Waals surface area contributed by atoms with Crippen LogP contribution in [0.15, 0.2) is 29.2 Å². The Morgan fingerprint density at radius 2 is 2.21 bits per heavy atom. The average Bonchev–Trinajstić information content (AvgIpc) is 3.18. The number of benzene rings is 1. The highest BCUT2D eigenvalue weighted by Gasteiger charge is 2.30. The van der Waals surface area contributed by atoms with Crippen LogP contribution in [0.3, 0.4) is 0 Å². The monoisotopic (exact) mass is 284 g/mol. The summed E-state index contributed by atoms with van der Waals surface area (Å²) in [5.41, 5.74) is 0.910. The van der Waals surface area contributed by atoms with E-state index in [1.54, 1.807) is 19.2 Å². The van der Waals surface area contributed by atoms with Gasteiger partial charge in [0.15, 0.2) is 0 Å². The summed E-state index contributed by atoms with van der Waals surface area (Å²) < 4.78 is 27.8. The summed E-state index contributed by atoms with van der Waals surface area (Å²) in [6.07, 6.45) is 2.47. The van der Waals surface area contributed by atoms with E-state index < -0.39 is 10.0 Å². The fraction of sp³-hybridized carbons (Fsp3) is 0.538. The molecule has 0 heterocycles. The van der Waals surface area contributed by atoms with Gasteiger partial charge in [0.2, 0.25) is 10.0 Å². The molecule has 1 aromatic rings. The highest BCUT2D eigenvalue weighted by atomic mass is 32.2. The van der Waals surface area contributed by atoms with E-state index in [9.17, 15) is 8.42 Å². The van der Waals surface area contributed by atoms with Crippen LogP contribution in [0, 0.1) is 5.92 Å². The Kier molecular flexibility index (Phi) is 4.57. The minimum absolute atomic E-state index is 0.154. The lowest BCUT2D eigenvalue weighted by molar-refractivity contribution is 0.157. The first-order valence-electron chi connectivity index (χ1n) is 6.35. The van der Waals surface area contributed by atoms with E-state index in [-0.39, 0.29) is 4.90 Å². The van der Waals surface area contributed by atoms with Gasteiger partial charge < -0.3 is 10.1 Å². The van der Waals surface area contributed by atoms with E-state index in [2.05, 4.69) is 5.32 Å². The Morgan fingerprint density at radius 1 is 1.47 bits per heavy atom. The largest absolute Gasteiger partial charge is 0.383 e. The molecule has 5 nitrogen and oxygen atoms in total. The first-order valence-corrected chi connectivity index (χ1v) is 7.89. The molecule has 106 valence electrons. The number of nitrogens with two attached hydrogens (primary N) is 1. The van der Waals surface area contributed by atoms with Gasteiger partial charge in [0.1, 0.15) is 0 Å². The van der Waals surface area contributed by atoms with Crippen molar-refractivity contribution in [3.05, 3.63) is 29.8 Å². The standard InChI is InChI=1S/C13H20N2O3S/c1-18-9-13(11-5-6-11)15-8-10-3-2-4-12(7-10)19(14,16)17/h2-4,7,11,13,15H,5-6,8-9H2,1H3,(H2,14,16,17). The zero-order chi connectivity index (χ0) is 13.9. The van der Waals surface area contributed by atoms with Crippen molar-refractivity contribution in [1.29, 1.82) is 0 Å². The smallest absolute Gasteiger partial charge is 0.238 e. The zero-order valence-electron chi connectivity index (χ0n) is 11.0. The molecular formula is C13H20N2O3S. The maximum absolute atomic E-state index is 11.3. The van der Waals surface area contributed by atoms with Crippen LogP contribution < -0.4 is 10.5 Å². The highest BCUT2D eigenvalue weighted by molar-refractivity contribution is 7.89. The third kappa shape index (κ3) is 4.28. The summed E-state index contributed by atoms with van der Waals surface area (Å²) >= 11 is 0. The number of ether oxygens (including phenoxy) is 1. The molecule has 0 spiro atoms. The molecule has 1 aliphatic rings. The summed E-state index contributed by atoms with van der Waals surface area (Å²) in [4.78, 5) is 0.154. The summed E-state index contributed by atoms with van der Waals surface area (Å²) in [5.74, 6) is 0.682. The van der Waals surface area contributed by atoms with Crippen molar-refractivity contribution in [2.45, 2.75) is 30.3 Å². The lowest BCUT2D eigenvalue weighted by Gasteiger charge is -2.17. The second kappa shape index (κ2) is 6.00. The third-order valence-corrected chi connectivity index (χ3v) is 4.24. The van der Waals surface area contributed by atoms with Gasteiger partial charge in [0.25, 0.3) is 0 Å². The van der Waals surface area contributed by atoms with Crippen molar-refractivity contribution in [2.75, 3.05) is 13.7 Å². The first-order chi connectivity index (χ1) is 9.00. The minimum atomic E-state index is -3.63. The zero-order valence-corrected chi connectivity index (χ0v) is 11.8. The fourth-order valence-electron chi connectivity index (χ4n) is 2.12. The van der Waals surface area contributed by atoms with Gasteiger partial charge in [-0.25, -0.2) is 13.6 Å². The molecule has 0 saturated heterocycles. The molecule has 19 heavy (non-hydrogen) atoms. The van der Waals surface area contributed by atoms with Gasteiger partial charge in [-0.2, -0.15) is 0 Å². The predicted octanol–water partition coefficient (Wildman–Crippen LogP) is 0.849. The molecule has 0 aliphatic heterocycles. The van der Waals surface area contributed by atoms with Crippen LogP contribution in [-0.2, 0) is 21.3 Å². The van der Waals surface area contributed by atoms with Crippen molar-refractivity contribution in [3.63, 3.8) is 0 Å². The van der Waals surface area contributed by atoms with E-state index >= 15 is 0 Å². The Morgan fingerprint density at radius 3 is 2.79 bits per heavy atom. The lowest BCUT2D eigenvalue weighted by Crippen LogP contribution is -2.34.